The number of amides is 1. The van der Waals surface area contributed by atoms with Crippen LogP contribution in [0.25, 0.3) is 0 Å². The predicted octanol–water partition coefficient (Wildman–Crippen LogP) is 0.561. The average Bonchev–Trinajstić information content (AvgIpc) is 2.38. The fourth-order valence-electron chi connectivity index (χ4n) is 1.99. The number of piperazine rings is 1. The molecule has 1 aromatic carbocycles. The maximum Gasteiger partial charge on any atom is 0.238 e. The van der Waals surface area contributed by atoms with Crippen LogP contribution in [0.4, 0.5) is 0 Å². The van der Waals surface area contributed by atoms with Crippen molar-refractivity contribution in [3.05, 3.63) is 35.4 Å². The summed E-state index contributed by atoms with van der Waals surface area (Å²) in [5, 5.41) is 9.50. The molecule has 98 valence electrons. The van der Waals surface area contributed by atoms with E-state index in [1.54, 1.807) is 0 Å². The Morgan fingerprint density at radius 2 is 2.00 bits per heavy atom. The standard InChI is InChI=1S/C14H21N3O/c1-10-3-5-12(6-4-10)8-17-14(18)13-9-15-11(2)7-16-13/h3-6,11,13,15-16H,7-9H2,1-2H3,(H,17,18). The second-order valence-electron chi connectivity index (χ2n) is 4.97. The third-order valence-corrected chi connectivity index (χ3v) is 3.24. The van der Waals surface area contributed by atoms with Crippen LogP contribution in [0.5, 0.6) is 0 Å². The summed E-state index contributed by atoms with van der Waals surface area (Å²) in [7, 11) is 0. The van der Waals surface area contributed by atoms with Gasteiger partial charge in [0.15, 0.2) is 0 Å². The maximum atomic E-state index is 11.9. The van der Waals surface area contributed by atoms with Crippen molar-refractivity contribution in [2.75, 3.05) is 13.1 Å². The normalized spacial score (nSPS) is 23.7. The monoisotopic (exact) mass is 247 g/mol. The minimum Gasteiger partial charge on any atom is -0.351 e. The molecule has 0 aromatic heterocycles. The van der Waals surface area contributed by atoms with Crippen LogP contribution < -0.4 is 16.0 Å². The Balaban J connectivity index is 1.79. The highest BCUT2D eigenvalue weighted by atomic mass is 16.2. The lowest BCUT2D eigenvalue weighted by atomic mass is 10.1. The van der Waals surface area contributed by atoms with Gasteiger partial charge in [-0.05, 0) is 19.4 Å². The smallest absolute Gasteiger partial charge is 0.238 e. The molecule has 2 unspecified atom stereocenters. The molecule has 1 heterocycles. The number of carbonyl (C=O) groups excluding carboxylic acids is 1. The Morgan fingerprint density at radius 1 is 1.28 bits per heavy atom. The lowest BCUT2D eigenvalue weighted by Gasteiger charge is -2.28. The van der Waals surface area contributed by atoms with Crippen LogP contribution in [0, 0.1) is 6.92 Å². The first-order chi connectivity index (χ1) is 8.65. The summed E-state index contributed by atoms with van der Waals surface area (Å²) in [4.78, 5) is 11.9. The zero-order valence-electron chi connectivity index (χ0n) is 11.0. The van der Waals surface area contributed by atoms with Crippen molar-refractivity contribution in [1.82, 2.24) is 16.0 Å². The fourth-order valence-corrected chi connectivity index (χ4v) is 1.99. The van der Waals surface area contributed by atoms with Gasteiger partial charge in [-0.2, -0.15) is 0 Å². The molecule has 1 fully saturated rings. The lowest BCUT2D eigenvalue weighted by Crippen LogP contribution is -2.58. The van der Waals surface area contributed by atoms with Gasteiger partial charge in [0.25, 0.3) is 0 Å². The molecule has 2 atom stereocenters. The van der Waals surface area contributed by atoms with E-state index < -0.39 is 0 Å². The van der Waals surface area contributed by atoms with Crippen LogP contribution in [-0.4, -0.2) is 31.1 Å². The molecule has 1 aliphatic rings. The topological polar surface area (TPSA) is 53.2 Å². The molecule has 1 aromatic rings. The van der Waals surface area contributed by atoms with Crippen LogP contribution in [0.3, 0.4) is 0 Å². The zero-order valence-corrected chi connectivity index (χ0v) is 11.0. The van der Waals surface area contributed by atoms with Crippen LogP contribution in [0.15, 0.2) is 24.3 Å². The van der Waals surface area contributed by atoms with E-state index in [1.165, 1.54) is 5.56 Å². The van der Waals surface area contributed by atoms with E-state index in [9.17, 15) is 4.79 Å². The Morgan fingerprint density at radius 3 is 2.61 bits per heavy atom. The SMILES string of the molecule is Cc1ccc(CNC(=O)C2CNC(C)CN2)cc1. The molecule has 2 rings (SSSR count). The van der Waals surface area contributed by atoms with E-state index in [2.05, 4.69) is 41.9 Å². The number of benzene rings is 1. The Bertz CT molecular complexity index is 394. The molecule has 4 heteroatoms. The van der Waals surface area contributed by atoms with Gasteiger partial charge in [0, 0.05) is 25.7 Å². The Hall–Kier alpha value is -1.39. The maximum absolute atomic E-state index is 11.9. The highest BCUT2D eigenvalue weighted by Gasteiger charge is 2.22. The molecule has 0 bridgehead atoms. The predicted molar refractivity (Wildman–Crippen MR) is 72.3 cm³/mol. The summed E-state index contributed by atoms with van der Waals surface area (Å²) in [6.45, 7) is 6.28. The third-order valence-electron chi connectivity index (χ3n) is 3.24. The number of rotatable bonds is 3. The second-order valence-corrected chi connectivity index (χ2v) is 4.97. The molecule has 18 heavy (non-hydrogen) atoms. The average molecular weight is 247 g/mol. The van der Waals surface area contributed by atoms with Crippen molar-refractivity contribution in [2.45, 2.75) is 32.5 Å². The molecular weight excluding hydrogens is 226 g/mol. The number of aryl methyl sites for hydroxylation is 1. The minimum atomic E-state index is -0.119. The summed E-state index contributed by atoms with van der Waals surface area (Å²) >= 11 is 0. The summed E-state index contributed by atoms with van der Waals surface area (Å²) in [5.41, 5.74) is 2.36. The molecule has 1 aliphatic heterocycles. The van der Waals surface area contributed by atoms with Gasteiger partial charge in [0.1, 0.15) is 0 Å². The van der Waals surface area contributed by atoms with E-state index in [0.29, 0.717) is 19.1 Å². The summed E-state index contributed by atoms with van der Waals surface area (Å²) in [5.74, 6) is 0.0648. The van der Waals surface area contributed by atoms with Crippen molar-refractivity contribution in [2.24, 2.45) is 0 Å². The van der Waals surface area contributed by atoms with Crippen molar-refractivity contribution in [3.63, 3.8) is 0 Å². The van der Waals surface area contributed by atoms with Gasteiger partial charge in [-0.3, -0.25) is 4.79 Å². The van der Waals surface area contributed by atoms with E-state index in [4.69, 9.17) is 0 Å². The van der Waals surface area contributed by atoms with Crippen LogP contribution in [0.2, 0.25) is 0 Å². The number of carbonyl (C=O) groups is 1. The van der Waals surface area contributed by atoms with E-state index in [0.717, 1.165) is 12.1 Å². The molecule has 3 N–H and O–H groups in total. The molecule has 0 saturated carbocycles. The number of nitrogens with one attached hydrogen (secondary N) is 3. The summed E-state index contributed by atoms with van der Waals surface area (Å²) in [6.07, 6.45) is 0. The van der Waals surface area contributed by atoms with Crippen molar-refractivity contribution >= 4 is 5.91 Å². The van der Waals surface area contributed by atoms with Gasteiger partial charge in [0.2, 0.25) is 5.91 Å². The lowest BCUT2D eigenvalue weighted by molar-refractivity contribution is -0.123. The minimum absolute atomic E-state index is 0.0648. The highest BCUT2D eigenvalue weighted by molar-refractivity contribution is 5.82. The van der Waals surface area contributed by atoms with E-state index >= 15 is 0 Å². The van der Waals surface area contributed by atoms with Crippen molar-refractivity contribution in [1.29, 1.82) is 0 Å². The molecule has 4 nitrogen and oxygen atoms in total. The Kier molecular flexibility index (Phi) is 4.33. The van der Waals surface area contributed by atoms with Gasteiger partial charge < -0.3 is 16.0 Å². The summed E-state index contributed by atoms with van der Waals surface area (Å²) < 4.78 is 0. The first-order valence-electron chi connectivity index (χ1n) is 6.45. The Labute approximate surface area is 108 Å². The van der Waals surface area contributed by atoms with Crippen LogP contribution >= 0.6 is 0 Å². The highest BCUT2D eigenvalue weighted by Crippen LogP contribution is 2.02. The van der Waals surface area contributed by atoms with Crippen molar-refractivity contribution < 1.29 is 4.79 Å². The third kappa shape index (κ3) is 3.55. The van der Waals surface area contributed by atoms with E-state index in [-0.39, 0.29) is 11.9 Å². The fraction of sp³-hybridized carbons (Fsp3) is 0.500. The number of hydrogen-bond acceptors (Lipinski definition) is 3. The first-order valence-corrected chi connectivity index (χ1v) is 6.45. The largest absolute Gasteiger partial charge is 0.351 e. The molecule has 1 amide bonds. The van der Waals surface area contributed by atoms with Crippen molar-refractivity contribution in [3.8, 4) is 0 Å². The number of hydrogen-bond donors (Lipinski definition) is 3. The molecule has 1 saturated heterocycles. The quantitative estimate of drug-likeness (QED) is 0.731. The van der Waals surface area contributed by atoms with Gasteiger partial charge in [-0.25, -0.2) is 0 Å². The van der Waals surface area contributed by atoms with Crippen LogP contribution in [0.1, 0.15) is 18.1 Å². The molecule has 0 radical (unpaired) electrons. The summed E-state index contributed by atoms with van der Waals surface area (Å²) in [6, 6.07) is 8.53. The molecular formula is C14H21N3O. The first kappa shape index (κ1) is 13.1. The molecule has 0 aliphatic carbocycles. The van der Waals surface area contributed by atoms with Gasteiger partial charge in [0.05, 0.1) is 6.04 Å². The van der Waals surface area contributed by atoms with Gasteiger partial charge in [-0.1, -0.05) is 29.8 Å². The van der Waals surface area contributed by atoms with E-state index in [1.807, 2.05) is 12.1 Å². The second kappa shape index (κ2) is 5.98. The molecule has 0 spiro atoms. The van der Waals surface area contributed by atoms with Gasteiger partial charge in [-0.15, -0.1) is 0 Å². The zero-order chi connectivity index (χ0) is 13.0. The van der Waals surface area contributed by atoms with Gasteiger partial charge >= 0.3 is 0 Å². The van der Waals surface area contributed by atoms with Crippen LogP contribution in [-0.2, 0) is 11.3 Å².